The zero-order chi connectivity index (χ0) is 23.5. The van der Waals surface area contributed by atoms with Crippen molar-refractivity contribution >= 4 is 11.8 Å². The van der Waals surface area contributed by atoms with Crippen LogP contribution in [0.1, 0.15) is 43.4 Å². The van der Waals surface area contributed by atoms with Gasteiger partial charge in [0.15, 0.2) is 0 Å². The van der Waals surface area contributed by atoms with Gasteiger partial charge < -0.3 is 19.1 Å². The Kier molecular flexibility index (Phi) is 9.76. The molecule has 1 fully saturated rings. The first-order chi connectivity index (χ1) is 16.1. The van der Waals surface area contributed by atoms with E-state index in [1.165, 1.54) is 12.0 Å². The molecule has 0 bridgehead atoms. The molecule has 6 nitrogen and oxygen atoms in total. The lowest BCUT2D eigenvalue weighted by Crippen LogP contribution is -2.46. The van der Waals surface area contributed by atoms with Crippen LogP contribution in [0.3, 0.4) is 0 Å². The molecule has 0 radical (unpaired) electrons. The zero-order valence-corrected chi connectivity index (χ0v) is 19.8. The van der Waals surface area contributed by atoms with Crippen molar-refractivity contribution in [1.82, 2.24) is 14.4 Å². The van der Waals surface area contributed by atoms with Gasteiger partial charge in [0.25, 0.3) is 0 Å². The van der Waals surface area contributed by atoms with Crippen molar-refractivity contribution in [3.63, 3.8) is 0 Å². The second-order valence-electron chi connectivity index (χ2n) is 8.76. The van der Waals surface area contributed by atoms with E-state index in [4.69, 9.17) is 4.74 Å². The van der Waals surface area contributed by atoms with Crippen LogP contribution in [-0.2, 0) is 27.4 Å². The van der Waals surface area contributed by atoms with Gasteiger partial charge in [-0.1, -0.05) is 55.7 Å². The standard InChI is InChI=1S/C27H37N3O3/c1-3-16-30(27(32)24-13-8-5-9-14-24)22-26(31)29(18-19-33-2)21-25-15-10-17-28(25)20-23-11-6-4-7-12-23/h3-4,6-7,10-12,15,17,24H,1,5,8-9,13-14,16,18-22H2,2H3. The fourth-order valence-corrected chi connectivity index (χ4v) is 4.48. The molecule has 1 aliphatic carbocycles. The van der Waals surface area contributed by atoms with Crippen LogP contribution in [-0.4, -0.2) is 59.5 Å². The first kappa shape index (κ1) is 24.8. The Labute approximate surface area is 197 Å². The highest BCUT2D eigenvalue weighted by Crippen LogP contribution is 2.25. The van der Waals surface area contributed by atoms with Crippen LogP contribution in [0.4, 0.5) is 0 Å². The van der Waals surface area contributed by atoms with Gasteiger partial charge in [-0.25, -0.2) is 0 Å². The molecule has 3 rings (SSSR count). The molecule has 1 aromatic heterocycles. The Balaban J connectivity index is 1.69. The lowest BCUT2D eigenvalue weighted by Gasteiger charge is -2.31. The van der Waals surface area contributed by atoms with E-state index in [1.54, 1.807) is 23.0 Å². The van der Waals surface area contributed by atoms with Crippen LogP contribution in [0.25, 0.3) is 0 Å². The minimum Gasteiger partial charge on any atom is -0.383 e. The molecule has 1 saturated carbocycles. The molecule has 0 N–H and O–H groups in total. The van der Waals surface area contributed by atoms with E-state index in [2.05, 4.69) is 23.3 Å². The number of amides is 2. The summed E-state index contributed by atoms with van der Waals surface area (Å²) in [6.07, 6.45) is 8.95. The lowest BCUT2D eigenvalue weighted by molar-refractivity contribution is -0.143. The minimum absolute atomic E-state index is 0.0297. The number of carbonyl (C=O) groups excluding carboxylic acids is 2. The van der Waals surface area contributed by atoms with Gasteiger partial charge in [0.1, 0.15) is 6.54 Å². The monoisotopic (exact) mass is 451 g/mol. The lowest BCUT2D eigenvalue weighted by atomic mass is 9.88. The van der Waals surface area contributed by atoms with Crippen molar-refractivity contribution in [3.8, 4) is 0 Å². The third kappa shape index (κ3) is 7.32. The third-order valence-electron chi connectivity index (χ3n) is 6.33. The maximum absolute atomic E-state index is 13.4. The second-order valence-corrected chi connectivity index (χ2v) is 8.76. The molecule has 178 valence electrons. The van der Waals surface area contributed by atoms with Crippen LogP contribution >= 0.6 is 0 Å². The molecule has 0 aliphatic heterocycles. The van der Waals surface area contributed by atoms with Gasteiger partial charge in [-0.15, -0.1) is 6.58 Å². The van der Waals surface area contributed by atoms with Crippen LogP contribution in [0.2, 0.25) is 0 Å². The van der Waals surface area contributed by atoms with Crippen molar-refractivity contribution in [2.24, 2.45) is 5.92 Å². The molecule has 1 heterocycles. The topological polar surface area (TPSA) is 54.8 Å². The van der Waals surface area contributed by atoms with Gasteiger partial charge in [0, 0.05) is 44.6 Å². The molecule has 0 saturated heterocycles. The Hall–Kier alpha value is -2.86. The quantitative estimate of drug-likeness (QED) is 0.457. The van der Waals surface area contributed by atoms with Crippen molar-refractivity contribution < 1.29 is 14.3 Å². The molecule has 1 aromatic carbocycles. The SMILES string of the molecule is C=CCN(CC(=O)N(CCOC)Cc1cccn1Cc1ccccc1)C(=O)C1CCCCC1. The molecular weight excluding hydrogens is 414 g/mol. The number of carbonyl (C=O) groups is 2. The molecule has 33 heavy (non-hydrogen) atoms. The number of nitrogens with zero attached hydrogens (tertiary/aromatic N) is 3. The minimum atomic E-state index is -0.0643. The number of ether oxygens (including phenoxy) is 1. The summed E-state index contributed by atoms with van der Waals surface area (Å²) in [5.74, 6) is 0.0506. The van der Waals surface area contributed by atoms with Gasteiger partial charge in [-0.3, -0.25) is 9.59 Å². The maximum Gasteiger partial charge on any atom is 0.242 e. The summed E-state index contributed by atoms with van der Waals surface area (Å²) in [6, 6.07) is 14.3. The highest BCUT2D eigenvalue weighted by molar-refractivity contribution is 5.86. The number of methoxy groups -OCH3 is 1. The highest BCUT2D eigenvalue weighted by Gasteiger charge is 2.28. The molecule has 2 aromatic rings. The summed E-state index contributed by atoms with van der Waals surface area (Å²) >= 11 is 0. The molecule has 0 spiro atoms. The average Bonchev–Trinajstić information content (AvgIpc) is 3.28. The van der Waals surface area contributed by atoms with Gasteiger partial charge in [-0.2, -0.15) is 0 Å². The number of hydrogen-bond acceptors (Lipinski definition) is 3. The van der Waals surface area contributed by atoms with Crippen molar-refractivity contribution in [2.45, 2.75) is 45.2 Å². The van der Waals surface area contributed by atoms with Crippen molar-refractivity contribution in [2.75, 3.05) is 33.4 Å². The van der Waals surface area contributed by atoms with Gasteiger partial charge in [0.05, 0.1) is 13.2 Å². The first-order valence-electron chi connectivity index (χ1n) is 12.0. The van der Waals surface area contributed by atoms with Crippen LogP contribution in [0.5, 0.6) is 0 Å². The smallest absolute Gasteiger partial charge is 0.242 e. The molecule has 0 unspecified atom stereocenters. The summed E-state index contributed by atoms with van der Waals surface area (Å²) in [7, 11) is 1.64. The number of rotatable bonds is 12. The maximum atomic E-state index is 13.4. The highest BCUT2D eigenvalue weighted by atomic mass is 16.5. The normalized spacial score (nSPS) is 14.1. The van der Waals surface area contributed by atoms with Crippen LogP contribution < -0.4 is 0 Å². The fraction of sp³-hybridized carbons (Fsp3) is 0.481. The number of hydrogen-bond donors (Lipinski definition) is 0. The Morgan fingerprint density at radius 2 is 1.85 bits per heavy atom. The van der Waals surface area contributed by atoms with E-state index in [9.17, 15) is 9.59 Å². The summed E-state index contributed by atoms with van der Waals surface area (Å²) < 4.78 is 7.43. The van der Waals surface area contributed by atoms with Gasteiger partial charge in [-0.05, 0) is 30.5 Å². The van der Waals surface area contributed by atoms with E-state index in [0.717, 1.165) is 37.9 Å². The molecule has 6 heteroatoms. The van der Waals surface area contributed by atoms with Crippen molar-refractivity contribution in [3.05, 3.63) is 72.6 Å². The summed E-state index contributed by atoms with van der Waals surface area (Å²) in [6.45, 7) is 6.41. The van der Waals surface area contributed by atoms with Crippen molar-refractivity contribution in [1.29, 1.82) is 0 Å². The van der Waals surface area contributed by atoms with Gasteiger partial charge >= 0.3 is 0 Å². The van der Waals surface area contributed by atoms with E-state index >= 15 is 0 Å². The van der Waals surface area contributed by atoms with E-state index in [0.29, 0.717) is 26.2 Å². The second kappa shape index (κ2) is 13.0. The molecule has 2 amide bonds. The third-order valence-corrected chi connectivity index (χ3v) is 6.33. The van der Waals surface area contributed by atoms with E-state index in [-0.39, 0.29) is 24.3 Å². The zero-order valence-electron chi connectivity index (χ0n) is 19.8. The van der Waals surface area contributed by atoms with E-state index in [1.807, 2.05) is 36.5 Å². The Bertz CT molecular complexity index is 887. The largest absolute Gasteiger partial charge is 0.383 e. The summed E-state index contributed by atoms with van der Waals surface area (Å²) in [5.41, 5.74) is 2.26. The number of aromatic nitrogens is 1. The molecule has 1 aliphatic rings. The number of benzene rings is 1. The van der Waals surface area contributed by atoms with Crippen LogP contribution in [0.15, 0.2) is 61.3 Å². The predicted octanol–water partition coefficient (Wildman–Crippen LogP) is 4.11. The fourth-order valence-electron chi connectivity index (χ4n) is 4.48. The first-order valence-corrected chi connectivity index (χ1v) is 12.0. The molecular formula is C27H37N3O3. The van der Waals surface area contributed by atoms with Crippen LogP contribution in [0, 0.1) is 5.92 Å². The predicted molar refractivity (Wildman–Crippen MR) is 131 cm³/mol. The van der Waals surface area contributed by atoms with E-state index < -0.39 is 0 Å². The molecule has 0 atom stereocenters. The average molecular weight is 452 g/mol. The summed E-state index contributed by atoms with van der Waals surface area (Å²) in [4.78, 5) is 29.9. The summed E-state index contributed by atoms with van der Waals surface area (Å²) in [5, 5.41) is 0. The van der Waals surface area contributed by atoms with Gasteiger partial charge in [0.2, 0.25) is 11.8 Å². The Morgan fingerprint density at radius 3 is 2.55 bits per heavy atom. The Morgan fingerprint density at radius 1 is 1.09 bits per heavy atom.